The molecule has 1 amide bonds. The third kappa shape index (κ3) is 4.62. The van der Waals surface area contributed by atoms with Gasteiger partial charge in [0.2, 0.25) is 0 Å². The Kier molecular flexibility index (Phi) is 5.98. The third-order valence-electron chi connectivity index (χ3n) is 3.22. The Morgan fingerprint density at radius 3 is 2.29 bits per heavy atom. The third-order valence-corrected chi connectivity index (χ3v) is 3.22. The highest BCUT2D eigenvalue weighted by Crippen LogP contribution is 2.17. The van der Waals surface area contributed by atoms with E-state index in [0.29, 0.717) is 18.0 Å². The first kappa shape index (κ1) is 17.1. The van der Waals surface area contributed by atoms with E-state index in [2.05, 4.69) is 5.32 Å². The highest BCUT2D eigenvalue weighted by atomic mass is 16.5. The van der Waals surface area contributed by atoms with Crippen molar-refractivity contribution in [3.63, 3.8) is 0 Å². The molecule has 5 nitrogen and oxygen atoms in total. The molecular formula is C19H18N2O3. The van der Waals surface area contributed by atoms with Gasteiger partial charge in [-0.2, -0.15) is 5.26 Å². The number of amides is 1. The molecule has 2 rings (SSSR count). The number of hydrogen-bond donors (Lipinski definition) is 1. The predicted octanol–water partition coefficient (Wildman–Crippen LogP) is 3.64. The van der Waals surface area contributed by atoms with Crippen LogP contribution in [-0.2, 0) is 4.79 Å². The second-order valence-electron chi connectivity index (χ2n) is 4.85. The molecule has 0 aliphatic carbocycles. The molecule has 2 aromatic carbocycles. The van der Waals surface area contributed by atoms with Gasteiger partial charge in [0.25, 0.3) is 5.91 Å². The summed E-state index contributed by atoms with van der Waals surface area (Å²) in [4.78, 5) is 12.2. The molecule has 0 aliphatic rings. The van der Waals surface area contributed by atoms with E-state index in [-0.39, 0.29) is 5.57 Å². The summed E-state index contributed by atoms with van der Waals surface area (Å²) in [6.07, 6.45) is 1.54. The Morgan fingerprint density at radius 2 is 1.75 bits per heavy atom. The number of methoxy groups -OCH3 is 1. The normalized spacial score (nSPS) is 10.6. The highest BCUT2D eigenvalue weighted by molar-refractivity contribution is 6.09. The van der Waals surface area contributed by atoms with Crippen molar-refractivity contribution in [2.75, 3.05) is 19.0 Å². The topological polar surface area (TPSA) is 71.3 Å². The van der Waals surface area contributed by atoms with Gasteiger partial charge in [0.15, 0.2) is 0 Å². The molecule has 1 N–H and O–H groups in total. The first-order chi connectivity index (χ1) is 11.7. The van der Waals surface area contributed by atoms with Crippen molar-refractivity contribution in [2.24, 2.45) is 0 Å². The smallest absolute Gasteiger partial charge is 0.266 e. The summed E-state index contributed by atoms with van der Waals surface area (Å²) in [7, 11) is 1.57. The Morgan fingerprint density at radius 1 is 1.12 bits per heavy atom. The number of nitriles is 1. The average Bonchev–Trinajstić information content (AvgIpc) is 2.62. The quantitative estimate of drug-likeness (QED) is 0.651. The van der Waals surface area contributed by atoms with Crippen molar-refractivity contribution in [2.45, 2.75) is 6.92 Å². The summed E-state index contributed by atoms with van der Waals surface area (Å²) in [5.41, 5.74) is 1.36. The second-order valence-corrected chi connectivity index (χ2v) is 4.85. The first-order valence-electron chi connectivity index (χ1n) is 7.46. The van der Waals surface area contributed by atoms with Gasteiger partial charge in [-0.25, -0.2) is 0 Å². The highest BCUT2D eigenvalue weighted by Gasteiger charge is 2.09. The Bertz CT molecular complexity index is 757. The zero-order valence-electron chi connectivity index (χ0n) is 13.6. The number of carbonyl (C=O) groups is 1. The van der Waals surface area contributed by atoms with E-state index in [1.54, 1.807) is 55.6 Å². The molecule has 0 aliphatic heterocycles. The maximum absolute atomic E-state index is 12.2. The van der Waals surface area contributed by atoms with Crippen LogP contribution in [0.15, 0.2) is 54.1 Å². The molecule has 0 unspecified atom stereocenters. The molecule has 0 radical (unpaired) electrons. The van der Waals surface area contributed by atoms with E-state index < -0.39 is 5.91 Å². The van der Waals surface area contributed by atoms with Crippen molar-refractivity contribution < 1.29 is 14.3 Å². The standard InChI is InChI=1S/C19H18N2O3/c1-3-24-18-8-4-14(5-9-18)12-15(13-20)19(22)21-16-6-10-17(23-2)11-7-16/h4-12H,3H2,1-2H3,(H,21,22)/b15-12+. The summed E-state index contributed by atoms with van der Waals surface area (Å²) in [6, 6.07) is 16.0. The monoisotopic (exact) mass is 322 g/mol. The Hall–Kier alpha value is -3.26. The van der Waals surface area contributed by atoms with Crippen LogP contribution in [-0.4, -0.2) is 19.6 Å². The molecule has 5 heteroatoms. The van der Waals surface area contributed by atoms with Crippen LogP contribution in [0.2, 0.25) is 0 Å². The predicted molar refractivity (Wildman–Crippen MR) is 92.8 cm³/mol. The molecule has 0 saturated carbocycles. The Balaban J connectivity index is 2.11. The number of carbonyl (C=O) groups excluding carboxylic acids is 1. The fraction of sp³-hybridized carbons (Fsp3) is 0.158. The van der Waals surface area contributed by atoms with Gasteiger partial charge in [0, 0.05) is 5.69 Å². The number of nitrogens with zero attached hydrogens (tertiary/aromatic N) is 1. The molecule has 0 fully saturated rings. The van der Waals surface area contributed by atoms with Gasteiger partial charge in [-0.05, 0) is 55.0 Å². The SMILES string of the molecule is CCOc1ccc(/C=C(\C#N)C(=O)Nc2ccc(OC)cc2)cc1. The minimum atomic E-state index is -0.462. The lowest BCUT2D eigenvalue weighted by atomic mass is 10.1. The van der Waals surface area contributed by atoms with Crippen LogP contribution in [0.25, 0.3) is 6.08 Å². The minimum absolute atomic E-state index is 0.0231. The van der Waals surface area contributed by atoms with E-state index in [0.717, 1.165) is 11.3 Å². The summed E-state index contributed by atoms with van der Waals surface area (Å²) in [5.74, 6) is 0.978. The lowest BCUT2D eigenvalue weighted by Gasteiger charge is -2.06. The zero-order chi connectivity index (χ0) is 17.4. The zero-order valence-corrected chi connectivity index (χ0v) is 13.6. The number of rotatable bonds is 6. The fourth-order valence-electron chi connectivity index (χ4n) is 2.01. The van der Waals surface area contributed by atoms with Crippen LogP contribution in [0.3, 0.4) is 0 Å². The maximum Gasteiger partial charge on any atom is 0.266 e. The van der Waals surface area contributed by atoms with E-state index in [4.69, 9.17) is 9.47 Å². The molecule has 122 valence electrons. The van der Waals surface area contributed by atoms with Crippen molar-refractivity contribution in [1.29, 1.82) is 5.26 Å². The molecule has 0 saturated heterocycles. The van der Waals surface area contributed by atoms with Crippen molar-refractivity contribution in [3.05, 3.63) is 59.7 Å². The van der Waals surface area contributed by atoms with Gasteiger partial charge >= 0.3 is 0 Å². The minimum Gasteiger partial charge on any atom is -0.497 e. The van der Waals surface area contributed by atoms with Gasteiger partial charge < -0.3 is 14.8 Å². The number of anilines is 1. The van der Waals surface area contributed by atoms with Crippen molar-refractivity contribution >= 4 is 17.7 Å². The molecule has 0 bridgehead atoms. The van der Waals surface area contributed by atoms with Gasteiger partial charge in [0.05, 0.1) is 13.7 Å². The molecule has 2 aromatic rings. The van der Waals surface area contributed by atoms with Crippen LogP contribution < -0.4 is 14.8 Å². The largest absolute Gasteiger partial charge is 0.497 e. The molecule has 0 heterocycles. The van der Waals surface area contributed by atoms with Gasteiger partial charge in [0.1, 0.15) is 23.1 Å². The Labute approximate surface area is 141 Å². The average molecular weight is 322 g/mol. The van der Waals surface area contributed by atoms with E-state index in [1.807, 2.05) is 13.0 Å². The van der Waals surface area contributed by atoms with Crippen molar-refractivity contribution in [1.82, 2.24) is 0 Å². The molecular weight excluding hydrogens is 304 g/mol. The van der Waals surface area contributed by atoms with Crippen LogP contribution in [0.4, 0.5) is 5.69 Å². The molecule has 24 heavy (non-hydrogen) atoms. The summed E-state index contributed by atoms with van der Waals surface area (Å²) >= 11 is 0. The van der Waals surface area contributed by atoms with E-state index >= 15 is 0 Å². The summed E-state index contributed by atoms with van der Waals surface area (Å²) in [6.45, 7) is 2.49. The summed E-state index contributed by atoms with van der Waals surface area (Å²) < 4.78 is 10.4. The van der Waals surface area contributed by atoms with Gasteiger partial charge in [-0.15, -0.1) is 0 Å². The number of benzene rings is 2. The van der Waals surface area contributed by atoms with Crippen LogP contribution in [0, 0.1) is 11.3 Å². The van der Waals surface area contributed by atoms with Crippen LogP contribution in [0.5, 0.6) is 11.5 Å². The number of hydrogen-bond acceptors (Lipinski definition) is 4. The van der Waals surface area contributed by atoms with Crippen LogP contribution >= 0.6 is 0 Å². The van der Waals surface area contributed by atoms with Crippen molar-refractivity contribution in [3.8, 4) is 17.6 Å². The molecule has 0 spiro atoms. The fourth-order valence-corrected chi connectivity index (χ4v) is 2.01. The lowest BCUT2D eigenvalue weighted by Crippen LogP contribution is -2.13. The maximum atomic E-state index is 12.2. The van der Waals surface area contributed by atoms with E-state index in [1.165, 1.54) is 6.08 Å². The molecule has 0 atom stereocenters. The van der Waals surface area contributed by atoms with Gasteiger partial charge in [-0.1, -0.05) is 12.1 Å². The summed E-state index contributed by atoms with van der Waals surface area (Å²) in [5, 5.41) is 11.9. The second kappa shape index (κ2) is 8.39. The number of nitrogens with one attached hydrogen (secondary N) is 1. The number of ether oxygens (including phenoxy) is 2. The first-order valence-corrected chi connectivity index (χ1v) is 7.46. The van der Waals surface area contributed by atoms with Crippen LogP contribution in [0.1, 0.15) is 12.5 Å². The van der Waals surface area contributed by atoms with E-state index in [9.17, 15) is 10.1 Å². The molecule has 0 aromatic heterocycles. The lowest BCUT2D eigenvalue weighted by molar-refractivity contribution is -0.112. The van der Waals surface area contributed by atoms with Gasteiger partial charge in [-0.3, -0.25) is 4.79 Å².